The number of imidazole rings is 1. The first-order valence-electron chi connectivity index (χ1n) is 9.08. The van der Waals surface area contributed by atoms with Gasteiger partial charge in [0.25, 0.3) is 0 Å². The summed E-state index contributed by atoms with van der Waals surface area (Å²) in [6.45, 7) is 2.07. The van der Waals surface area contributed by atoms with E-state index in [1.807, 2.05) is 42.6 Å². The summed E-state index contributed by atoms with van der Waals surface area (Å²) in [6, 6.07) is 16.1. The van der Waals surface area contributed by atoms with E-state index in [1.165, 1.54) is 0 Å². The van der Waals surface area contributed by atoms with Crippen LogP contribution in [0.3, 0.4) is 0 Å². The Morgan fingerprint density at radius 1 is 1.11 bits per heavy atom. The molecule has 0 amide bonds. The highest BCUT2D eigenvalue weighted by Crippen LogP contribution is 2.21. The van der Waals surface area contributed by atoms with E-state index in [-0.39, 0.29) is 0 Å². The number of nitrogens with zero attached hydrogens (tertiary/aromatic N) is 4. The van der Waals surface area contributed by atoms with E-state index in [4.69, 9.17) is 5.73 Å². The highest BCUT2D eigenvalue weighted by atomic mass is 15.2. The molecule has 1 aromatic carbocycles. The number of benzene rings is 1. The van der Waals surface area contributed by atoms with Gasteiger partial charge in [-0.3, -0.25) is 4.99 Å². The number of aromatic amines is 1. The fraction of sp³-hybridized carbons (Fsp3) is 0.250. The lowest BCUT2D eigenvalue weighted by atomic mass is 10.2. The molecule has 0 spiro atoms. The number of hydrogen-bond donors (Lipinski definition) is 3. The topological polar surface area (TPSA) is 95.2 Å². The van der Waals surface area contributed by atoms with Crippen molar-refractivity contribution < 1.29 is 0 Å². The monoisotopic (exact) mass is 363 g/mol. The lowest BCUT2D eigenvalue weighted by molar-refractivity contribution is 0.793. The van der Waals surface area contributed by atoms with Gasteiger partial charge in [0, 0.05) is 37.7 Å². The second-order valence-electron chi connectivity index (χ2n) is 6.03. The summed E-state index contributed by atoms with van der Waals surface area (Å²) in [5, 5.41) is 3.18. The van der Waals surface area contributed by atoms with Crippen LogP contribution in [-0.2, 0) is 6.42 Å². The summed E-state index contributed by atoms with van der Waals surface area (Å²) in [6.07, 6.45) is 7.20. The van der Waals surface area contributed by atoms with Gasteiger partial charge in [0.2, 0.25) is 0 Å². The molecule has 3 aromatic rings. The van der Waals surface area contributed by atoms with Gasteiger partial charge in [-0.15, -0.1) is 0 Å². The average molecular weight is 363 g/mol. The molecule has 2 aromatic heterocycles. The third kappa shape index (κ3) is 5.85. The molecular formula is C20H25N7. The van der Waals surface area contributed by atoms with Crippen LogP contribution < -0.4 is 16.0 Å². The van der Waals surface area contributed by atoms with Crippen molar-refractivity contribution >= 4 is 17.5 Å². The van der Waals surface area contributed by atoms with Gasteiger partial charge in [0.15, 0.2) is 5.96 Å². The molecule has 2 heterocycles. The van der Waals surface area contributed by atoms with Crippen LogP contribution in [0.2, 0.25) is 0 Å². The molecule has 0 unspecified atom stereocenters. The standard InChI is InChI=1S/C20H25N7/c21-20(24-12-6-7-17-15-22-16-26-17)25-13-14-27(18-8-2-1-3-9-18)19-10-4-5-11-23-19/h1-5,8-11,15-16H,6-7,12-14H2,(H,22,26)(H3,21,24,25). The number of anilines is 2. The van der Waals surface area contributed by atoms with Crippen molar-refractivity contribution in [3.05, 3.63) is 72.9 Å². The van der Waals surface area contributed by atoms with Gasteiger partial charge in [0.05, 0.1) is 12.0 Å². The average Bonchev–Trinajstić information content (AvgIpc) is 3.23. The highest BCUT2D eigenvalue weighted by Gasteiger charge is 2.09. The molecule has 140 valence electrons. The number of para-hydroxylation sites is 1. The predicted octanol–water partition coefficient (Wildman–Crippen LogP) is 2.48. The second-order valence-corrected chi connectivity index (χ2v) is 6.03. The van der Waals surface area contributed by atoms with Crippen LogP contribution in [-0.4, -0.2) is 40.5 Å². The lowest BCUT2D eigenvalue weighted by Gasteiger charge is -2.24. The zero-order chi connectivity index (χ0) is 18.7. The number of H-pyrrole nitrogens is 1. The van der Waals surface area contributed by atoms with E-state index in [9.17, 15) is 0 Å². The Bertz CT molecular complexity index is 761. The number of aliphatic imine (C=N–C) groups is 1. The third-order valence-corrected chi connectivity index (χ3v) is 4.06. The lowest BCUT2D eigenvalue weighted by Crippen LogP contribution is -2.37. The molecule has 0 fully saturated rings. The van der Waals surface area contributed by atoms with E-state index in [0.29, 0.717) is 19.0 Å². The molecule has 0 aliphatic carbocycles. The maximum Gasteiger partial charge on any atom is 0.188 e. The molecule has 3 rings (SSSR count). The Balaban J connectivity index is 1.49. The first kappa shape index (κ1) is 18.4. The third-order valence-electron chi connectivity index (χ3n) is 4.06. The molecular weight excluding hydrogens is 338 g/mol. The van der Waals surface area contributed by atoms with Crippen LogP contribution in [0.1, 0.15) is 12.1 Å². The van der Waals surface area contributed by atoms with Gasteiger partial charge in [-0.05, 0) is 37.1 Å². The molecule has 0 saturated carbocycles. The van der Waals surface area contributed by atoms with Crippen LogP contribution in [0.5, 0.6) is 0 Å². The van der Waals surface area contributed by atoms with E-state index in [2.05, 4.69) is 42.3 Å². The first-order valence-corrected chi connectivity index (χ1v) is 9.08. The molecule has 7 nitrogen and oxygen atoms in total. The number of nitrogens with two attached hydrogens (primary N) is 1. The fourth-order valence-electron chi connectivity index (χ4n) is 2.74. The summed E-state index contributed by atoms with van der Waals surface area (Å²) < 4.78 is 0. The van der Waals surface area contributed by atoms with Crippen LogP contribution in [0, 0.1) is 0 Å². The normalized spacial score (nSPS) is 11.3. The SMILES string of the molecule is NC(=NCCCc1c[nH]cn1)NCCN(c1ccccc1)c1ccccn1. The van der Waals surface area contributed by atoms with Crippen molar-refractivity contribution in [2.75, 3.05) is 24.5 Å². The molecule has 7 heteroatoms. The molecule has 0 bridgehead atoms. The van der Waals surface area contributed by atoms with Crippen LogP contribution >= 0.6 is 0 Å². The van der Waals surface area contributed by atoms with Crippen molar-refractivity contribution in [1.82, 2.24) is 20.3 Å². The number of pyridine rings is 1. The number of guanidine groups is 1. The molecule has 0 radical (unpaired) electrons. The van der Waals surface area contributed by atoms with E-state index in [1.54, 1.807) is 12.5 Å². The number of nitrogens with one attached hydrogen (secondary N) is 2. The fourth-order valence-corrected chi connectivity index (χ4v) is 2.74. The minimum atomic E-state index is 0.464. The summed E-state index contributed by atoms with van der Waals surface area (Å²) in [5.74, 6) is 1.37. The molecule has 4 N–H and O–H groups in total. The molecule has 0 atom stereocenters. The zero-order valence-electron chi connectivity index (χ0n) is 15.3. The molecule has 0 aliphatic rings. The van der Waals surface area contributed by atoms with Crippen molar-refractivity contribution in [3.63, 3.8) is 0 Å². The van der Waals surface area contributed by atoms with Gasteiger partial charge in [-0.2, -0.15) is 0 Å². The predicted molar refractivity (Wildman–Crippen MR) is 109 cm³/mol. The number of rotatable bonds is 9. The van der Waals surface area contributed by atoms with Gasteiger partial charge in [-0.25, -0.2) is 9.97 Å². The number of hydrogen-bond acceptors (Lipinski definition) is 4. The maximum absolute atomic E-state index is 5.98. The Kier molecular flexibility index (Phi) is 6.80. The minimum absolute atomic E-state index is 0.464. The van der Waals surface area contributed by atoms with Crippen LogP contribution in [0.15, 0.2) is 72.2 Å². The van der Waals surface area contributed by atoms with Crippen molar-refractivity contribution in [2.24, 2.45) is 10.7 Å². The largest absolute Gasteiger partial charge is 0.370 e. The zero-order valence-corrected chi connectivity index (χ0v) is 15.3. The van der Waals surface area contributed by atoms with Crippen molar-refractivity contribution in [3.8, 4) is 0 Å². The van der Waals surface area contributed by atoms with E-state index in [0.717, 1.165) is 36.6 Å². The smallest absolute Gasteiger partial charge is 0.188 e. The summed E-state index contributed by atoms with van der Waals surface area (Å²) in [5.41, 5.74) is 8.12. The van der Waals surface area contributed by atoms with Gasteiger partial charge in [0.1, 0.15) is 5.82 Å². The number of aryl methyl sites for hydroxylation is 1. The minimum Gasteiger partial charge on any atom is -0.370 e. The highest BCUT2D eigenvalue weighted by molar-refractivity contribution is 5.77. The first-order chi connectivity index (χ1) is 13.3. The summed E-state index contributed by atoms with van der Waals surface area (Å²) in [7, 11) is 0. The van der Waals surface area contributed by atoms with Gasteiger partial charge in [-0.1, -0.05) is 24.3 Å². The quantitative estimate of drug-likeness (QED) is 0.308. The van der Waals surface area contributed by atoms with Gasteiger partial charge >= 0.3 is 0 Å². The summed E-state index contributed by atoms with van der Waals surface area (Å²) >= 11 is 0. The Morgan fingerprint density at radius 3 is 2.70 bits per heavy atom. The maximum atomic E-state index is 5.98. The van der Waals surface area contributed by atoms with Crippen LogP contribution in [0.4, 0.5) is 11.5 Å². The molecule has 0 saturated heterocycles. The van der Waals surface area contributed by atoms with Crippen LogP contribution in [0.25, 0.3) is 0 Å². The van der Waals surface area contributed by atoms with Crippen molar-refractivity contribution in [1.29, 1.82) is 0 Å². The summed E-state index contributed by atoms with van der Waals surface area (Å²) in [4.78, 5) is 18.1. The second kappa shape index (κ2) is 9.96. The molecule has 0 aliphatic heterocycles. The van der Waals surface area contributed by atoms with Gasteiger partial charge < -0.3 is 20.9 Å². The van der Waals surface area contributed by atoms with E-state index >= 15 is 0 Å². The van der Waals surface area contributed by atoms with Crippen molar-refractivity contribution in [2.45, 2.75) is 12.8 Å². The Hall–Kier alpha value is -3.35. The van der Waals surface area contributed by atoms with E-state index < -0.39 is 0 Å². The Morgan fingerprint density at radius 2 is 1.96 bits per heavy atom. The Labute approximate surface area is 159 Å². The molecule has 27 heavy (non-hydrogen) atoms. The number of aromatic nitrogens is 3.